The molecule has 0 saturated carbocycles. The second-order valence-corrected chi connectivity index (χ2v) is 6.58. The largest absolute Gasteiger partial charge is 0.490 e. The summed E-state index contributed by atoms with van der Waals surface area (Å²) >= 11 is 0. The molecule has 1 heterocycles. The Bertz CT molecular complexity index is 621. The van der Waals surface area contributed by atoms with Gasteiger partial charge in [0.05, 0.1) is 6.61 Å². The zero-order valence-electron chi connectivity index (χ0n) is 16.6. The van der Waals surface area contributed by atoms with Crippen LogP contribution in [0.4, 0.5) is 0 Å². The monoisotopic (exact) mass is 413 g/mol. The molecule has 3 N–H and O–H groups in total. The number of nitrogens with zero attached hydrogens (tertiary/aromatic N) is 1. The Balaban J connectivity index is 0.00000392. The Morgan fingerprint density at radius 3 is 2.54 bits per heavy atom. The SMILES string of the molecule is CCOc1cc(C(=O)NCCCCN)ccc1OCC(=O)N1CCCCC1.Cl. The van der Waals surface area contributed by atoms with Gasteiger partial charge in [-0.1, -0.05) is 0 Å². The Kier molecular flexibility index (Phi) is 11.4. The van der Waals surface area contributed by atoms with Gasteiger partial charge >= 0.3 is 0 Å². The molecule has 1 aromatic rings. The summed E-state index contributed by atoms with van der Waals surface area (Å²) < 4.78 is 11.3. The zero-order valence-corrected chi connectivity index (χ0v) is 17.4. The summed E-state index contributed by atoms with van der Waals surface area (Å²) in [5.41, 5.74) is 5.95. The van der Waals surface area contributed by atoms with Crippen molar-refractivity contribution in [3.63, 3.8) is 0 Å². The number of amides is 2. The lowest BCUT2D eigenvalue weighted by molar-refractivity contribution is -0.134. The molecule has 2 amide bonds. The van der Waals surface area contributed by atoms with Crippen LogP contribution >= 0.6 is 12.4 Å². The van der Waals surface area contributed by atoms with E-state index in [1.54, 1.807) is 18.2 Å². The summed E-state index contributed by atoms with van der Waals surface area (Å²) in [7, 11) is 0. The van der Waals surface area contributed by atoms with Crippen LogP contribution in [0.5, 0.6) is 11.5 Å². The van der Waals surface area contributed by atoms with Crippen molar-refractivity contribution in [1.82, 2.24) is 10.2 Å². The molecule has 1 fully saturated rings. The smallest absolute Gasteiger partial charge is 0.260 e. The number of likely N-dealkylation sites (tertiary alicyclic amines) is 1. The van der Waals surface area contributed by atoms with E-state index in [2.05, 4.69) is 5.32 Å². The fourth-order valence-electron chi connectivity index (χ4n) is 2.98. The third-order valence-corrected chi connectivity index (χ3v) is 4.48. The lowest BCUT2D eigenvalue weighted by atomic mass is 10.1. The summed E-state index contributed by atoms with van der Waals surface area (Å²) in [5.74, 6) is 0.767. The van der Waals surface area contributed by atoms with Gasteiger partial charge in [-0.15, -0.1) is 12.4 Å². The normalized spacial score (nSPS) is 13.4. The molecule has 1 saturated heterocycles. The van der Waals surface area contributed by atoms with Gasteiger partial charge in [0.25, 0.3) is 11.8 Å². The van der Waals surface area contributed by atoms with E-state index < -0.39 is 0 Å². The van der Waals surface area contributed by atoms with Crippen molar-refractivity contribution in [2.24, 2.45) is 5.73 Å². The van der Waals surface area contributed by atoms with Crippen molar-refractivity contribution in [1.29, 1.82) is 0 Å². The van der Waals surface area contributed by atoms with Gasteiger partial charge in [-0.25, -0.2) is 0 Å². The van der Waals surface area contributed by atoms with Crippen LogP contribution in [-0.4, -0.2) is 56.1 Å². The van der Waals surface area contributed by atoms with Gasteiger partial charge in [-0.3, -0.25) is 9.59 Å². The number of unbranched alkanes of at least 4 members (excludes halogenated alkanes) is 1. The van der Waals surface area contributed by atoms with Crippen LogP contribution in [0.3, 0.4) is 0 Å². The Morgan fingerprint density at radius 1 is 1.11 bits per heavy atom. The molecule has 2 rings (SSSR count). The number of piperidine rings is 1. The molecule has 0 atom stereocenters. The molecule has 0 unspecified atom stereocenters. The highest BCUT2D eigenvalue weighted by molar-refractivity contribution is 5.94. The Hall–Kier alpha value is -1.99. The van der Waals surface area contributed by atoms with Crippen molar-refractivity contribution in [2.45, 2.75) is 39.0 Å². The van der Waals surface area contributed by atoms with Crippen LogP contribution in [0.25, 0.3) is 0 Å². The number of carbonyl (C=O) groups excluding carboxylic acids is 2. The van der Waals surface area contributed by atoms with E-state index in [0.29, 0.717) is 36.8 Å². The quantitative estimate of drug-likeness (QED) is 0.574. The van der Waals surface area contributed by atoms with E-state index in [1.165, 1.54) is 6.42 Å². The number of nitrogens with two attached hydrogens (primary N) is 1. The summed E-state index contributed by atoms with van der Waals surface area (Å²) in [6, 6.07) is 5.02. The van der Waals surface area contributed by atoms with Crippen LogP contribution in [0, 0.1) is 0 Å². The molecule has 0 aromatic heterocycles. The van der Waals surface area contributed by atoms with Crippen LogP contribution in [-0.2, 0) is 4.79 Å². The second-order valence-electron chi connectivity index (χ2n) is 6.58. The summed E-state index contributed by atoms with van der Waals surface area (Å²) in [5, 5.41) is 2.86. The van der Waals surface area contributed by atoms with E-state index >= 15 is 0 Å². The van der Waals surface area contributed by atoms with Gasteiger partial charge in [0.1, 0.15) is 0 Å². The summed E-state index contributed by atoms with van der Waals surface area (Å²) in [4.78, 5) is 26.4. The summed E-state index contributed by atoms with van der Waals surface area (Å²) in [6.45, 7) is 5.08. The maximum Gasteiger partial charge on any atom is 0.260 e. The van der Waals surface area contributed by atoms with Crippen molar-refractivity contribution >= 4 is 24.2 Å². The van der Waals surface area contributed by atoms with Crippen molar-refractivity contribution < 1.29 is 19.1 Å². The maximum atomic E-state index is 12.3. The van der Waals surface area contributed by atoms with Crippen LogP contribution < -0.4 is 20.5 Å². The first-order valence-electron chi connectivity index (χ1n) is 9.81. The molecule has 0 bridgehead atoms. The molecule has 28 heavy (non-hydrogen) atoms. The number of benzene rings is 1. The molecule has 1 aromatic carbocycles. The first-order chi connectivity index (χ1) is 13.2. The predicted molar refractivity (Wildman–Crippen MR) is 111 cm³/mol. The topological polar surface area (TPSA) is 93.9 Å². The third-order valence-electron chi connectivity index (χ3n) is 4.48. The molecule has 1 aliphatic rings. The maximum absolute atomic E-state index is 12.3. The van der Waals surface area contributed by atoms with E-state index in [4.69, 9.17) is 15.2 Å². The van der Waals surface area contributed by atoms with Crippen molar-refractivity contribution in [2.75, 3.05) is 39.4 Å². The molecule has 0 aliphatic carbocycles. The average molecular weight is 414 g/mol. The lowest BCUT2D eigenvalue weighted by Gasteiger charge is -2.26. The van der Waals surface area contributed by atoms with Crippen molar-refractivity contribution in [3.8, 4) is 11.5 Å². The lowest BCUT2D eigenvalue weighted by Crippen LogP contribution is -2.38. The minimum Gasteiger partial charge on any atom is -0.490 e. The van der Waals surface area contributed by atoms with E-state index in [9.17, 15) is 9.59 Å². The molecule has 0 spiro atoms. The molecule has 0 radical (unpaired) electrons. The molecule has 7 nitrogen and oxygen atoms in total. The zero-order chi connectivity index (χ0) is 19.5. The first-order valence-corrected chi connectivity index (χ1v) is 9.81. The van der Waals surface area contributed by atoms with Gasteiger partial charge in [0.15, 0.2) is 18.1 Å². The third kappa shape index (κ3) is 7.56. The standard InChI is InChI=1S/C20H31N3O4.ClH/c1-2-26-18-14-16(20(25)22-11-5-4-10-21)8-9-17(18)27-15-19(24)23-12-6-3-7-13-23;/h8-9,14H,2-7,10-13,15,21H2,1H3,(H,22,25);1H. The van der Waals surface area contributed by atoms with Gasteiger partial charge < -0.3 is 25.4 Å². The van der Waals surface area contributed by atoms with E-state index in [0.717, 1.165) is 38.8 Å². The van der Waals surface area contributed by atoms with Crippen LogP contribution in [0.15, 0.2) is 18.2 Å². The molecule has 8 heteroatoms. The molecular formula is C20H32ClN3O4. The number of carbonyl (C=O) groups is 2. The number of halogens is 1. The van der Waals surface area contributed by atoms with Crippen LogP contribution in [0.2, 0.25) is 0 Å². The van der Waals surface area contributed by atoms with Gasteiger partial charge in [0, 0.05) is 25.2 Å². The predicted octanol–water partition coefficient (Wildman–Crippen LogP) is 2.37. The first kappa shape index (κ1) is 24.0. The number of ether oxygens (including phenoxy) is 2. The molecule has 158 valence electrons. The minimum atomic E-state index is -0.163. The highest BCUT2D eigenvalue weighted by atomic mass is 35.5. The molecular weight excluding hydrogens is 382 g/mol. The number of hydrogen-bond acceptors (Lipinski definition) is 5. The molecule has 1 aliphatic heterocycles. The van der Waals surface area contributed by atoms with Gasteiger partial charge in [-0.2, -0.15) is 0 Å². The Labute approximate surface area is 173 Å². The number of hydrogen-bond donors (Lipinski definition) is 2. The summed E-state index contributed by atoms with van der Waals surface area (Å²) in [6.07, 6.45) is 4.99. The second kappa shape index (κ2) is 13.2. The number of rotatable bonds is 10. The van der Waals surface area contributed by atoms with Gasteiger partial charge in [-0.05, 0) is 63.8 Å². The van der Waals surface area contributed by atoms with Crippen molar-refractivity contribution in [3.05, 3.63) is 23.8 Å². The minimum absolute atomic E-state index is 0. The average Bonchev–Trinajstić information content (AvgIpc) is 2.70. The highest BCUT2D eigenvalue weighted by Crippen LogP contribution is 2.28. The van der Waals surface area contributed by atoms with Crippen LogP contribution in [0.1, 0.15) is 49.4 Å². The number of nitrogens with one attached hydrogen (secondary N) is 1. The Morgan fingerprint density at radius 2 is 1.86 bits per heavy atom. The van der Waals surface area contributed by atoms with E-state index in [1.807, 2.05) is 11.8 Å². The fraction of sp³-hybridized carbons (Fsp3) is 0.600. The van der Waals surface area contributed by atoms with Gasteiger partial charge in [0.2, 0.25) is 0 Å². The fourth-order valence-corrected chi connectivity index (χ4v) is 2.98. The van der Waals surface area contributed by atoms with E-state index in [-0.39, 0.29) is 30.8 Å². The highest BCUT2D eigenvalue weighted by Gasteiger charge is 2.18.